The normalized spacial score (nSPS) is 14.2. The molecule has 0 bridgehead atoms. The van der Waals surface area contributed by atoms with Crippen LogP contribution in [0.5, 0.6) is 0 Å². The second-order valence-corrected chi connectivity index (χ2v) is 4.65. The molecule has 0 saturated heterocycles. The Hall–Kier alpha value is -1.72. The van der Waals surface area contributed by atoms with Crippen LogP contribution < -0.4 is 5.32 Å². The van der Waals surface area contributed by atoms with Crippen molar-refractivity contribution in [3.05, 3.63) is 33.9 Å². The number of hydrogen-bond donors (Lipinski definition) is 1. The molecule has 0 spiro atoms. The highest BCUT2D eigenvalue weighted by atomic mass is 19.3. The van der Waals surface area contributed by atoms with Crippen molar-refractivity contribution in [2.45, 2.75) is 39.7 Å². The molecule has 0 radical (unpaired) electrons. The van der Waals surface area contributed by atoms with Gasteiger partial charge < -0.3 is 5.32 Å². The van der Waals surface area contributed by atoms with Crippen LogP contribution in [0.3, 0.4) is 0 Å². The number of benzene rings is 1. The van der Waals surface area contributed by atoms with Crippen molar-refractivity contribution < 1.29 is 13.7 Å². The van der Waals surface area contributed by atoms with E-state index in [9.17, 15) is 18.9 Å². The molecule has 2 unspecified atom stereocenters. The molecule has 106 valence electrons. The summed E-state index contributed by atoms with van der Waals surface area (Å²) in [5.74, 6) is 0.320. The summed E-state index contributed by atoms with van der Waals surface area (Å²) in [6.45, 7) is 5.95. The van der Waals surface area contributed by atoms with Gasteiger partial charge in [0, 0.05) is 29.4 Å². The highest BCUT2D eigenvalue weighted by Crippen LogP contribution is 2.31. The number of alkyl halides is 2. The highest BCUT2D eigenvalue weighted by Gasteiger charge is 2.20. The van der Waals surface area contributed by atoms with E-state index in [2.05, 4.69) is 5.32 Å². The molecule has 0 amide bonds. The van der Waals surface area contributed by atoms with Crippen molar-refractivity contribution in [3.63, 3.8) is 0 Å². The van der Waals surface area contributed by atoms with Gasteiger partial charge in [0.05, 0.1) is 4.92 Å². The third-order valence-corrected chi connectivity index (χ3v) is 3.36. The first kappa shape index (κ1) is 15.3. The zero-order valence-electron chi connectivity index (χ0n) is 11.2. The summed E-state index contributed by atoms with van der Waals surface area (Å²) in [5, 5.41) is 13.6. The van der Waals surface area contributed by atoms with Crippen molar-refractivity contribution in [2.75, 3.05) is 5.32 Å². The number of anilines is 1. The largest absolute Gasteiger partial charge is 0.382 e. The zero-order chi connectivity index (χ0) is 14.6. The van der Waals surface area contributed by atoms with E-state index in [0.29, 0.717) is 5.92 Å². The number of non-ortho nitro benzene ring substituents is 1. The van der Waals surface area contributed by atoms with Gasteiger partial charge >= 0.3 is 0 Å². The minimum Gasteiger partial charge on any atom is -0.382 e. The Morgan fingerprint density at radius 3 is 2.47 bits per heavy atom. The molecular formula is C13H18F2N2O2. The average Bonchev–Trinajstić information content (AvgIpc) is 2.37. The van der Waals surface area contributed by atoms with Crippen molar-refractivity contribution in [3.8, 4) is 0 Å². The maximum absolute atomic E-state index is 12.9. The lowest BCUT2D eigenvalue weighted by Gasteiger charge is -2.22. The molecule has 1 N–H and O–H groups in total. The Balaban J connectivity index is 3.03. The summed E-state index contributed by atoms with van der Waals surface area (Å²) in [4.78, 5) is 9.93. The van der Waals surface area contributed by atoms with Gasteiger partial charge in [-0.1, -0.05) is 20.3 Å². The molecule has 4 nitrogen and oxygen atoms in total. The van der Waals surface area contributed by atoms with Gasteiger partial charge in [-0.3, -0.25) is 10.1 Å². The van der Waals surface area contributed by atoms with E-state index in [1.807, 2.05) is 20.8 Å². The summed E-state index contributed by atoms with van der Waals surface area (Å²) in [6.07, 6.45) is -1.82. The van der Waals surface area contributed by atoms with Crippen molar-refractivity contribution >= 4 is 11.4 Å². The van der Waals surface area contributed by atoms with E-state index in [4.69, 9.17) is 0 Å². The molecule has 1 aromatic rings. The first-order chi connectivity index (χ1) is 8.86. The van der Waals surface area contributed by atoms with Crippen molar-refractivity contribution in [2.24, 2.45) is 5.92 Å². The Morgan fingerprint density at radius 1 is 1.37 bits per heavy atom. The molecule has 0 fully saturated rings. The minimum atomic E-state index is -2.74. The molecule has 19 heavy (non-hydrogen) atoms. The van der Waals surface area contributed by atoms with Crippen LogP contribution in [0.1, 0.15) is 39.2 Å². The number of nitrogens with zero attached hydrogens (tertiary/aromatic N) is 1. The van der Waals surface area contributed by atoms with Crippen LogP contribution in [-0.2, 0) is 0 Å². The summed E-state index contributed by atoms with van der Waals surface area (Å²) in [6, 6.07) is 3.52. The summed E-state index contributed by atoms with van der Waals surface area (Å²) < 4.78 is 25.9. The predicted octanol–water partition coefficient (Wildman–Crippen LogP) is 4.38. The van der Waals surface area contributed by atoms with Crippen molar-refractivity contribution in [1.29, 1.82) is 0 Å². The minimum absolute atomic E-state index is 0.0176. The monoisotopic (exact) mass is 272 g/mol. The number of nitrogens with one attached hydrogen (secondary N) is 1. The molecule has 0 aliphatic carbocycles. The predicted molar refractivity (Wildman–Crippen MR) is 70.6 cm³/mol. The molecule has 0 aliphatic heterocycles. The van der Waals surface area contributed by atoms with Crippen molar-refractivity contribution in [1.82, 2.24) is 0 Å². The second kappa shape index (κ2) is 6.45. The topological polar surface area (TPSA) is 55.2 Å². The van der Waals surface area contributed by atoms with E-state index < -0.39 is 11.3 Å². The third-order valence-electron chi connectivity index (χ3n) is 3.36. The Labute approximate surface area is 111 Å². The first-order valence-electron chi connectivity index (χ1n) is 6.19. The van der Waals surface area contributed by atoms with E-state index >= 15 is 0 Å². The summed E-state index contributed by atoms with van der Waals surface area (Å²) >= 11 is 0. The standard InChI is InChI=1S/C13H18F2N2O2/c1-4-8(2)9(3)16-12-6-5-10(17(18)19)7-11(12)13(14)15/h5-9,13,16H,4H2,1-3H3. The summed E-state index contributed by atoms with van der Waals surface area (Å²) in [5.41, 5.74) is -0.394. The average molecular weight is 272 g/mol. The number of nitro benzene ring substituents is 1. The van der Waals surface area contributed by atoms with Crippen LogP contribution in [0.4, 0.5) is 20.2 Å². The van der Waals surface area contributed by atoms with Crippen LogP contribution in [0.15, 0.2) is 18.2 Å². The van der Waals surface area contributed by atoms with Gasteiger partial charge in [-0.25, -0.2) is 8.78 Å². The summed E-state index contributed by atoms with van der Waals surface area (Å²) in [7, 11) is 0. The van der Waals surface area contributed by atoms with Crippen LogP contribution in [-0.4, -0.2) is 11.0 Å². The zero-order valence-corrected chi connectivity index (χ0v) is 11.2. The molecule has 0 aromatic heterocycles. The second-order valence-electron chi connectivity index (χ2n) is 4.65. The van der Waals surface area contributed by atoms with Gasteiger partial charge in [0.15, 0.2) is 0 Å². The van der Waals surface area contributed by atoms with E-state index in [0.717, 1.165) is 12.5 Å². The van der Waals surface area contributed by atoms with E-state index in [1.165, 1.54) is 12.1 Å². The Bertz CT molecular complexity index is 452. The molecule has 0 aliphatic rings. The fourth-order valence-electron chi connectivity index (χ4n) is 1.72. The Kier molecular flexibility index (Phi) is 5.20. The lowest BCUT2D eigenvalue weighted by Crippen LogP contribution is -2.23. The van der Waals surface area contributed by atoms with Gasteiger partial charge in [0.25, 0.3) is 12.1 Å². The van der Waals surface area contributed by atoms with E-state index in [1.54, 1.807) is 0 Å². The fraction of sp³-hybridized carbons (Fsp3) is 0.538. The maximum atomic E-state index is 12.9. The highest BCUT2D eigenvalue weighted by molar-refractivity contribution is 5.57. The molecule has 6 heteroatoms. The van der Waals surface area contributed by atoms with Gasteiger partial charge in [0.1, 0.15) is 0 Å². The van der Waals surface area contributed by atoms with Gasteiger partial charge in [-0.2, -0.15) is 0 Å². The quantitative estimate of drug-likeness (QED) is 0.617. The number of hydrogen-bond acceptors (Lipinski definition) is 3. The molecule has 0 heterocycles. The van der Waals surface area contributed by atoms with Gasteiger partial charge in [0.2, 0.25) is 0 Å². The van der Waals surface area contributed by atoms with Gasteiger partial charge in [-0.05, 0) is 18.9 Å². The lowest BCUT2D eigenvalue weighted by molar-refractivity contribution is -0.385. The lowest BCUT2D eigenvalue weighted by atomic mass is 10.00. The maximum Gasteiger partial charge on any atom is 0.270 e. The first-order valence-corrected chi connectivity index (χ1v) is 6.19. The number of rotatable bonds is 6. The molecule has 2 atom stereocenters. The SMILES string of the molecule is CCC(C)C(C)Nc1ccc([N+](=O)[O-])cc1C(F)F. The number of nitro groups is 1. The number of halogens is 2. The smallest absolute Gasteiger partial charge is 0.270 e. The molecule has 1 aromatic carbocycles. The van der Waals surface area contributed by atoms with Gasteiger partial charge in [-0.15, -0.1) is 0 Å². The third kappa shape index (κ3) is 3.87. The van der Waals surface area contributed by atoms with E-state index in [-0.39, 0.29) is 23.0 Å². The van der Waals surface area contributed by atoms with Crippen LogP contribution in [0.2, 0.25) is 0 Å². The molecule has 0 saturated carbocycles. The van der Waals surface area contributed by atoms with Crippen LogP contribution in [0, 0.1) is 16.0 Å². The fourth-order valence-corrected chi connectivity index (χ4v) is 1.72. The van der Waals surface area contributed by atoms with Crippen LogP contribution >= 0.6 is 0 Å². The van der Waals surface area contributed by atoms with Crippen LogP contribution in [0.25, 0.3) is 0 Å². The molecule has 1 rings (SSSR count). The molecular weight excluding hydrogens is 254 g/mol. The Morgan fingerprint density at radius 2 is 2.00 bits per heavy atom.